The summed E-state index contributed by atoms with van der Waals surface area (Å²) in [7, 11) is 0. The number of benzene rings is 1. The van der Waals surface area contributed by atoms with Crippen molar-refractivity contribution in [2.24, 2.45) is 0 Å². The minimum Gasteiger partial charge on any atom is -0.280 e. The number of carbonyl (C=O) groups is 1. The third-order valence-electron chi connectivity index (χ3n) is 2.07. The molecule has 1 aromatic rings. The van der Waals surface area contributed by atoms with Crippen molar-refractivity contribution in [2.45, 2.75) is 31.1 Å². The van der Waals surface area contributed by atoms with Gasteiger partial charge in [0.15, 0.2) is 0 Å². The van der Waals surface area contributed by atoms with Crippen LogP contribution in [0.25, 0.3) is 0 Å². The summed E-state index contributed by atoms with van der Waals surface area (Å²) in [5, 5.41) is -0.306. The van der Waals surface area contributed by atoms with Crippen LogP contribution in [-0.2, 0) is 10.2 Å². The summed E-state index contributed by atoms with van der Waals surface area (Å²) < 4.78 is 0. The molecule has 3 heteroatoms. The highest BCUT2D eigenvalue weighted by molar-refractivity contribution is 8.00. The van der Waals surface area contributed by atoms with Crippen molar-refractivity contribution in [3.63, 3.8) is 0 Å². The smallest absolute Gasteiger partial charge is 0.231 e. The Morgan fingerprint density at radius 2 is 1.80 bits per heavy atom. The molecule has 1 rings (SSSR count). The molecule has 82 valence electrons. The predicted molar refractivity (Wildman–Crippen MR) is 66.7 cm³/mol. The molecule has 0 unspecified atom stereocenters. The summed E-state index contributed by atoms with van der Waals surface area (Å²) in [5.41, 5.74) is 1.47. The standard InChI is InChI=1S/C12H15ClOS/c1-12(2,3)9-4-6-10(7-5-9)15-8-11(13)14/h4-7H,8H2,1-3H3. The van der Waals surface area contributed by atoms with Crippen molar-refractivity contribution in [3.05, 3.63) is 29.8 Å². The van der Waals surface area contributed by atoms with Crippen molar-refractivity contribution in [1.29, 1.82) is 0 Å². The van der Waals surface area contributed by atoms with E-state index in [2.05, 4.69) is 32.9 Å². The van der Waals surface area contributed by atoms with Gasteiger partial charge in [0.05, 0.1) is 5.75 Å². The van der Waals surface area contributed by atoms with Gasteiger partial charge in [-0.1, -0.05) is 32.9 Å². The van der Waals surface area contributed by atoms with E-state index in [1.54, 1.807) is 0 Å². The van der Waals surface area contributed by atoms with Gasteiger partial charge in [-0.05, 0) is 34.7 Å². The fourth-order valence-electron chi connectivity index (χ4n) is 1.19. The van der Waals surface area contributed by atoms with E-state index in [0.29, 0.717) is 5.75 Å². The third kappa shape index (κ3) is 4.27. The molecule has 0 heterocycles. The summed E-state index contributed by atoms with van der Waals surface area (Å²) >= 11 is 6.74. The van der Waals surface area contributed by atoms with Crippen molar-refractivity contribution in [1.82, 2.24) is 0 Å². The molecule has 0 spiro atoms. The van der Waals surface area contributed by atoms with Gasteiger partial charge >= 0.3 is 0 Å². The highest BCUT2D eigenvalue weighted by atomic mass is 35.5. The molecule has 0 saturated carbocycles. The van der Waals surface area contributed by atoms with Crippen LogP contribution >= 0.6 is 23.4 Å². The lowest BCUT2D eigenvalue weighted by Gasteiger charge is -2.18. The maximum Gasteiger partial charge on any atom is 0.231 e. The van der Waals surface area contributed by atoms with Crippen LogP contribution in [0.1, 0.15) is 26.3 Å². The second-order valence-corrected chi connectivity index (χ2v) is 5.89. The van der Waals surface area contributed by atoms with Gasteiger partial charge in [0.2, 0.25) is 5.24 Å². The SMILES string of the molecule is CC(C)(C)c1ccc(SCC(=O)Cl)cc1. The quantitative estimate of drug-likeness (QED) is 0.592. The lowest BCUT2D eigenvalue weighted by molar-refractivity contribution is -0.109. The molecule has 15 heavy (non-hydrogen) atoms. The Bertz CT molecular complexity index is 338. The Labute approximate surface area is 100 Å². The van der Waals surface area contributed by atoms with E-state index in [1.807, 2.05) is 12.1 Å². The van der Waals surface area contributed by atoms with Crippen molar-refractivity contribution in [2.75, 3.05) is 5.75 Å². The average Bonchev–Trinajstić information content (AvgIpc) is 2.14. The maximum atomic E-state index is 10.6. The lowest BCUT2D eigenvalue weighted by atomic mass is 9.87. The van der Waals surface area contributed by atoms with Crippen LogP contribution in [0.5, 0.6) is 0 Å². The first-order valence-corrected chi connectivity index (χ1v) is 6.17. The molecule has 0 fully saturated rings. The van der Waals surface area contributed by atoms with E-state index >= 15 is 0 Å². The molecular formula is C12H15ClOS. The molecule has 0 aliphatic heterocycles. The van der Waals surface area contributed by atoms with Crippen molar-refractivity contribution >= 4 is 28.6 Å². The summed E-state index contributed by atoms with van der Waals surface area (Å²) in [6.07, 6.45) is 0. The van der Waals surface area contributed by atoms with Crippen molar-refractivity contribution < 1.29 is 4.79 Å². The zero-order valence-corrected chi connectivity index (χ0v) is 10.8. The van der Waals surface area contributed by atoms with Gasteiger partial charge in [-0.25, -0.2) is 0 Å². The Morgan fingerprint density at radius 1 is 1.27 bits per heavy atom. The maximum absolute atomic E-state index is 10.6. The summed E-state index contributed by atoms with van der Waals surface area (Å²) in [5.74, 6) is 0.330. The van der Waals surface area contributed by atoms with Crippen LogP contribution in [0.2, 0.25) is 0 Å². The minimum atomic E-state index is -0.306. The van der Waals surface area contributed by atoms with Crippen molar-refractivity contribution in [3.8, 4) is 0 Å². The molecule has 0 bridgehead atoms. The van der Waals surface area contributed by atoms with E-state index in [1.165, 1.54) is 17.3 Å². The molecule has 0 amide bonds. The van der Waals surface area contributed by atoms with E-state index < -0.39 is 0 Å². The Hall–Kier alpha value is -0.470. The molecule has 0 N–H and O–H groups in total. The van der Waals surface area contributed by atoms with Crippen LogP contribution in [0.15, 0.2) is 29.2 Å². The van der Waals surface area contributed by atoms with Crippen LogP contribution < -0.4 is 0 Å². The third-order valence-corrected chi connectivity index (χ3v) is 3.38. The van der Waals surface area contributed by atoms with Gasteiger partial charge in [-0.15, -0.1) is 11.8 Å². The summed E-state index contributed by atoms with van der Waals surface area (Å²) in [4.78, 5) is 11.7. The first-order chi connectivity index (χ1) is 6.89. The summed E-state index contributed by atoms with van der Waals surface area (Å²) in [6.45, 7) is 6.53. The average molecular weight is 243 g/mol. The Kier molecular flexibility index (Phi) is 4.23. The zero-order valence-electron chi connectivity index (χ0n) is 9.21. The first kappa shape index (κ1) is 12.6. The molecular weight excluding hydrogens is 228 g/mol. The number of halogens is 1. The number of hydrogen-bond acceptors (Lipinski definition) is 2. The van der Waals surface area contributed by atoms with Crippen LogP contribution in [0, 0.1) is 0 Å². The Morgan fingerprint density at radius 3 is 2.20 bits per heavy atom. The second-order valence-electron chi connectivity index (χ2n) is 4.42. The largest absolute Gasteiger partial charge is 0.280 e. The highest BCUT2D eigenvalue weighted by Crippen LogP contribution is 2.25. The predicted octanol–water partition coefficient (Wildman–Crippen LogP) is 3.84. The van der Waals surface area contributed by atoms with Gasteiger partial charge in [0, 0.05) is 4.90 Å². The van der Waals surface area contributed by atoms with E-state index in [4.69, 9.17) is 11.6 Å². The van der Waals surface area contributed by atoms with Crippen LogP contribution in [-0.4, -0.2) is 11.0 Å². The first-order valence-electron chi connectivity index (χ1n) is 4.81. The molecule has 0 aromatic heterocycles. The lowest BCUT2D eigenvalue weighted by Crippen LogP contribution is -2.10. The van der Waals surface area contributed by atoms with E-state index in [9.17, 15) is 4.79 Å². The van der Waals surface area contributed by atoms with Crippen LogP contribution in [0.3, 0.4) is 0 Å². The van der Waals surface area contributed by atoms with E-state index in [-0.39, 0.29) is 10.7 Å². The van der Waals surface area contributed by atoms with E-state index in [0.717, 1.165) is 4.90 Å². The van der Waals surface area contributed by atoms with Gasteiger partial charge in [0.1, 0.15) is 0 Å². The molecule has 0 radical (unpaired) electrons. The molecule has 0 aliphatic carbocycles. The normalized spacial score (nSPS) is 11.5. The summed E-state index contributed by atoms with van der Waals surface area (Å²) in [6, 6.07) is 8.26. The molecule has 0 atom stereocenters. The Balaban J connectivity index is 2.69. The number of thioether (sulfide) groups is 1. The molecule has 1 nitrogen and oxygen atoms in total. The van der Waals surface area contributed by atoms with Gasteiger partial charge in [-0.3, -0.25) is 4.79 Å². The van der Waals surface area contributed by atoms with Gasteiger partial charge in [-0.2, -0.15) is 0 Å². The molecule has 0 aliphatic rings. The number of carbonyl (C=O) groups excluding carboxylic acids is 1. The van der Waals surface area contributed by atoms with Crippen LogP contribution in [0.4, 0.5) is 0 Å². The zero-order chi connectivity index (χ0) is 11.5. The number of rotatable bonds is 3. The molecule has 1 aromatic carbocycles. The minimum absolute atomic E-state index is 0.172. The highest BCUT2D eigenvalue weighted by Gasteiger charge is 2.12. The molecule has 0 saturated heterocycles. The number of hydrogen-bond donors (Lipinski definition) is 0. The fraction of sp³-hybridized carbons (Fsp3) is 0.417. The second kappa shape index (κ2) is 5.04. The van der Waals surface area contributed by atoms with Gasteiger partial charge < -0.3 is 0 Å². The monoisotopic (exact) mass is 242 g/mol. The van der Waals surface area contributed by atoms with Gasteiger partial charge in [0.25, 0.3) is 0 Å². The topological polar surface area (TPSA) is 17.1 Å². The fourth-order valence-corrected chi connectivity index (χ4v) is 1.96.